The summed E-state index contributed by atoms with van der Waals surface area (Å²) < 4.78 is 11.4. The zero-order chi connectivity index (χ0) is 17.1. The standard InChI is InChI=1S/C19H28N2O3/c1-13(2)24-18-11-15(6-8-20-18)12-21(16-4-5-16)19(22)17-10-14(3)7-9-23-17/h6,8,11,13-14,16-17H,4-5,7,9-10,12H2,1-3H3/t14-,17-/m0/s1. The van der Waals surface area contributed by atoms with E-state index in [1.165, 1.54) is 0 Å². The van der Waals surface area contributed by atoms with Crippen molar-refractivity contribution < 1.29 is 14.3 Å². The highest BCUT2D eigenvalue weighted by Crippen LogP contribution is 2.31. The molecule has 2 fully saturated rings. The number of ether oxygens (including phenoxy) is 2. The van der Waals surface area contributed by atoms with Crippen LogP contribution in [0.5, 0.6) is 5.88 Å². The summed E-state index contributed by atoms with van der Waals surface area (Å²) in [5, 5.41) is 0. The third-order valence-corrected chi connectivity index (χ3v) is 4.60. The summed E-state index contributed by atoms with van der Waals surface area (Å²) in [5.41, 5.74) is 1.06. The maximum atomic E-state index is 12.9. The molecule has 0 spiro atoms. The molecule has 0 unspecified atom stereocenters. The average Bonchev–Trinajstić information content (AvgIpc) is 3.36. The van der Waals surface area contributed by atoms with Crippen LogP contribution >= 0.6 is 0 Å². The van der Waals surface area contributed by atoms with E-state index in [0.29, 0.717) is 31.0 Å². The second-order valence-corrected chi connectivity index (χ2v) is 7.36. The van der Waals surface area contributed by atoms with Gasteiger partial charge >= 0.3 is 0 Å². The largest absolute Gasteiger partial charge is 0.475 e. The molecule has 3 rings (SSSR count). The van der Waals surface area contributed by atoms with Crippen molar-refractivity contribution in [1.82, 2.24) is 9.88 Å². The predicted molar refractivity (Wildman–Crippen MR) is 91.7 cm³/mol. The second kappa shape index (κ2) is 7.51. The van der Waals surface area contributed by atoms with E-state index in [4.69, 9.17) is 9.47 Å². The first kappa shape index (κ1) is 17.2. The highest BCUT2D eigenvalue weighted by atomic mass is 16.5. The fourth-order valence-electron chi connectivity index (χ4n) is 3.14. The van der Waals surface area contributed by atoms with Crippen LogP contribution in [0.2, 0.25) is 0 Å². The predicted octanol–water partition coefficient (Wildman–Crippen LogP) is 3.17. The van der Waals surface area contributed by atoms with Crippen molar-refractivity contribution in [1.29, 1.82) is 0 Å². The van der Waals surface area contributed by atoms with Gasteiger partial charge in [-0.05, 0) is 57.1 Å². The Kier molecular flexibility index (Phi) is 5.39. The third kappa shape index (κ3) is 4.47. The molecule has 0 N–H and O–H groups in total. The number of rotatable bonds is 6. The van der Waals surface area contributed by atoms with Crippen LogP contribution in [0.15, 0.2) is 18.3 Å². The molecule has 24 heavy (non-hydrogen) atoms. The molecule has 132 valence electrons. The van der Waals surface area contributed by atoms with Gasteiger partial charge in [0, 0.05) is 31.5 Å². The molecule has 1 aliphatic heterocycles. The number of aromatic nitrogens is 1. The molecule has 1 amide bonds. The molecule has 5 heteroatoms. The van der Waals surface area contributed by atoms with Gasteiger partial charge in [0.05, 0.1) is 6.10 Å². The summed E-state index contributed by atoms with van der Waals surface area (Å²) >= 11 is 0. The number of carbonyl (C=O) groups is 1. The van der Waals surface area contributed by atoms with Crippen molar-refractivity contribution in [2.75, 3.05) is 6.61 Å². The maximum Gasteiger partial charge on any atom is 0.252 e. The number of carbonyl (C=O) groups excluding carboxylic acids is 1. The zero-order valence-corrected chi connectivity index (χ0v) is 14.9. The van der Waals surface area contributed by atoms with Crippen LogP contribution in [0.4, 0.5) is 0 Å². The summed E-state index contributed by atoms with van der Waals surface area (Å²) in [7, 11) is 0. The van der Waals surface area contributed by atoms with Gasteiger partial charge in [-0.2, -0.15) is 0 Å². The van der Waals surface area contributed by atoms with Gasteiger partial charge < -0.3 is 14.4 Å². The van der Waals surface area contributed by atoms with Gasteiger partial charge in [-0.1, -0.05) is 6.92 Å². The Bertz CT molecular complexity index is 571. The van der Waals surface area contributed by atoms with E-state index < -0.39 is 0 Å². The number of nitrogens with zero attached hydrogens (tertiary/aromatic N) is 2. The van der Waals surface area contributed by atoms with Crippen molar-refractivity contribution in [3.8, 4) is 5.88 Å². The lowest BCUT2D eigenvalue weighted by molar-refractivity contribution is -0.149. The molecule has 1 aromatic heterocycles. The van der Waals surface area contributed by atoms with E-state index >= 15 is 0 Å². The third-order valence-electron chi connectivity index (χ3n) is 4.60. The SMILES string of the molecule is CC(C)Oc1cc(CN(C(=O)[C@@H]2C[C@@H](C)CCO2)C2CC2)ccn1. The number of amides is 1. The van der Waals surface area contributed by atoms with Crippen molar-refractivity contribution in [2.45, 2.75) is 71.2 Å². The average molecular weight is 332 g/mol. The number of hydrogen-bond donors (Lipinski definition) is 0. The Hall–Kier alpha value is -1.62. The molecule has 1 aromatic rings. The van der Waals surface area contributed by atoms with E-state index in [1.54, 1.807) is 6.20 Å². The van der Waals surface area contributed by atoms with Crippen LogP contribution < -0.4 is 4.74 Å². The van der Waals surface area contributed by atoms with Crippen LogP contribution in [0.3, 0.4) is 0 Å². The van der Waals surface area contributed by atoms with E-state index in [2.05, 4.69) is 11.9 Å². The lowest BCUT2D eigenvalue weighted by atomic mass is 9.97. The normalized spacial score (nSPS) is 24.0. The van der Waals surface area contributed by atoms with Gasteiger partial charge in [-0.3, -0.25) is 4.79 Å². The first-order valence-corrected chi connectivity index (χ1v) is 9.06. The lowest BCUT2D eigenvalue weighted by Crippen LogP contribution is -2.44. The molecule has 2 heterocycles. The maximum absolute atomic E-state index is 12.9. The van der Waals surface area contributed by atoms with E-state index in [-0.39, 0.29) is 18.1 Å². The molecule has 2 aliphatic rings. The van der Waals surface area contributed by atoms with Crippen molar-refractivity contribution in [2.24, 2.45) is 5.92 Å². The van der Waals surface area contributed by atoms with Crippen molar-refractivity contribution in [3.05, 3.63) is 23.9 Å². The second-order valence-electron chi connectivity index (χ2n) is 7.36. The lowest BCUT2D eigenvalue weighted by Gasteiger charge is -2.32. The van der Waals surface area contributed by atoms with Crippen LogP contribution in [-0.4, -0.2) is 40.6 Å². The Labute approximate surface area is 144 Å². The first-order chi connectivity index (χ1) is 11.5. The quantitative estimate of drug-likeness (QED) is 0.803. The van der Waals surface area contributed by atoms with E-state index in [9.17, 15) is 4.79 Å². The molecular formula is C19H28N2O3. The summed E-state index contributed by atoms with van der Waals surface area (Å²) in [6.07, 6.45) is 5.63. The number of hydrogen-bond acceptors (Lipinski definition) is 4. The highest BCUT2D eigenvalue weighted by molar-refractivity contribution is 5.81. The molecule has 1 saturated heterocycles. The zero-order valence-electron chi connectivity index (χ0n) is 14.9. The van der Waals surface area contributed by atoms with Gasteiger partial charge in [0.15, 0.2) is 0 Å². The smallest absolute Gasteiger partial charge is 0.252 e. The van der Waals surface area contributed by atoms with Gasteiger partial charge in [0.2, 0.25) is 5.88 Å². The van der Waals surface area contributed by atoms with Crippen molar-refractivity contribution >= 4 is 5.91 Å². The van der Waals surface area contributed by atoms with Crippen LogP contribution in [0.25, 0.3) is 0 Å². The highest BCUT2D eigenvalue weighted by Gasteiger charge is 2.37. The summed E-state index contributed by atoms with van der Waals surface area (Å²) in [5.74, 6) is 1.32. The van der Waals surface area contributed by atoms with Crippen LogP contribution in [0, 0.1) is 5.92 Å². The van der Waals surface area contributed by atoms with Crippen LogP contribution in [-0.2, 0) is 16.1 Å². The Morgan fingerprint density at radius 3 is 2.88 bits per heavy atom. The minimum absolute atomic E-state index is 0.0889. The molecule has 0 radical (unpaired) electrons. The van der Waals surface area contributed by atoms with Gasteiger partial charge in [0.1, 0.15) is 6.10 Å². The summed E-state index contributed by atoms with van der Waals surface area (Å²) in [4.78, 5) is 19.2. The van der Waals surface area contributed by atoms with Crippen molar-refractivity contribution in [3.63, 3.8) is 0 Å². The first-order valence-electron chi connectivity index (χ1n) is 9.06. The van der Waals surface area contributed by atoms with Gasteiger partial charge in [0.25, 0.3) is 5.91 Å². The minimum Gasteiger partial charge on any atom is -0.475 e. The molecule has 0 aromatic carbocycles. The molecule has 0 bridgehead atoms. The monoisotopic (exact) mass is 332 g/mol. The molecule has 1 aliphatic carbocycles. The summed E-state index contributed by atoms with van der Waals surface area (Å²) in [6, 6.07) is 4.26. The Morgan fingerprint density at radius 2 is 2.21 bits per heavy atom. The molecule has 2 atom stereocenters. The van der Waals surface area contributed by atoms with Crippen LogP contribution in [0.1, 0.15) is 52.0 Å². The fraction of sp³-hybridized carbons (Fsp3) is 0.684. The van der Waals surface area contributed by atoms with E-state index in [1.807, 2.05) is 30.9 Å². The molecule has 5 nitrogen and oxygen atoms in total. The fourth-order valence-corrected chi connectivity index (χ4v) is 3.14. The van der Waals surface area contributed by atoms with Gasteiger partial charge in [-0.25, -0.2) is 4.98 Å². The number of pyridine rings is 1. The topological polar surface area (TPSA) is 51.7 Å². The van der Waals surface area contributed by atoms with E-state index in [0.717, 1.165) is 31.2 Å². The Morgan fingerprint density at radius 1 is 1.42 bits per heavy atom. The van der Waals surface area contributed by atoms with Gasteiger partial charge in [-0.15, -0.1) is 0 Å². The molecule has 1 saturated carbocycles. The minimum atomic E-state index is -0.275. The summed E-state index contributed by atoms with van der Waals surface area (Å²) in [6.45, 7) is 7.46. The molecular weight excluding hydrogens is 304 g/mol. The Balaban J connectivity index is 1.69.